The van der Waals surface area contributed by atoms with E-state index in [1.807, 2.05) is 39.3 Å². The van der Waals surface area contributed by atoms with E-state index in [1.165, 1.54) is 17.8 Å². The van der Waals surface area contributed by atoms with Crippen molar-refractivity contribution >= 4 is 17.9 Å². The minimum absolute atomic E-state index is 0.0661. The molecule has 1 aromatic heterocycles. The molecule has 1 aliphatic rings. The number of ether oxygens (including phenoxy) is 1. The highest BCUT2D eigenvalue weighted by Crippen LogP contribution is 2.32. The van der Waals surface area contributed by atoms with Crippen molar-refractivity contribution in [3.05, 3.63) is 46.8 Å². The third-order valence-electron chi connectivity index (χ3n) is 4.72. The number of nitrogens with zero attached hydrogens (tertiary/aromatic N) is 3. The number of amides is 1. The zero-order valence-corrected chi connectivity index (χ0v) is 18.7. The molecule has 1 aliphatic heterocycles. The number of halogens is 2. The minimum atomic E-state index is -0.700. The van der Waals surface area contributed by atoms with Crippen LogP contribution in [0.15, 0.2) is 23.1 Å². The van der Waals surface area contributed by atoms with Crippen molar-refractivity contribution in [2.75, 3.05) is 12.8 Å². The van der Waals surface area contributed by atoms with Gasteiger partial charge in [0.1, 0.15) is 22.9 Å². The van der Waals surface area contributed by atoms with Crippen LogP contribution in [0, 0.1) is 23.5 Å². The molecule has 2 heterocycles. The van der Waals surface area contributed by atoms with Crippen LogP contribution in [0.4, 0.5) is 13.6 Å². The van der Waals surface area contributed by atoms with E-state index in [9.17, 15) is 13.6 Å². The fraction of sp³-hybridized carbons (Fsp3) is 0.455. The van der Waals surface area contributed by atoms with Gasteiger partial charge in [-0.2, -0.15) is 5.10 Å². The Morgan fingerprint density at radius 1 is 1.23 bits per heavy atom. The molecule has 2 atom stereocenters. The third-order valence-corrected chi connectivity index (χ3v) is 5.48. The number of aromatic nitrogens is 2. The first-order valence-electron chi connectivity index (χ1n) is 9.64. The van der Waals surface area contributed by atoms with Gasteiger partial charge in [0.25, 0.3) is 0 Å². The van der Waals surface area contributed by atoms with Crippen molar-refractivity contribution < 1.29 is 18.3 Å². The van der Waals surface area contributed by atoms with Crippen molar-refractivity contribution in [1.82, 2.24) is 14.7 Å². The van der Waals surface area contributed by atoms with Gasteiger partial charge in [0.2, 0.25) is 0 Å². The molecule has 0 saturated carbocycles. The van der Waals surface area contributed by atoms with Crippen molar-refractivity contribution in [1.29, 1.82) is 0 Å². The van der Waals surface area contributed by atoms with Crippen LogP contribution in [0.5, 0.6) is 0 Å². The smallest absolute Gasteiger partial charge is 0.410 e. The van der Waals surface area contributed by atoms with Crippen LogP contribution in [0.1, 0.15) is 63.7 Å². The first-order valence-corrected chi connectivity index (χ1v) is 10.9. The number of hydrogen-bond donors (Lipinski definition) is 0. The SMILES string of the molecule is CSc1cc(F)cc(F)c1C#Cc1cc2n(n1)[C@@H](C)CN(C(=O)OC(C)(C)C)[C@@H]2C. The third kappa shape index (κ3) is 4.62. The number of hydrogen-bond acceptors (Lipinski definition) is 4. The highest BCUT2D eigenvalue weighted by atomic mass is 32.2. The Balaban J connectivity index is 1.91. The average molecular weight is 434 g/mol. The van der Waals surface area contributed by atoms with Gasteiger partial charge in [0.15, 0.2) is 0 Å². The molecule has 0 radical (unpaired) electrons. The monoisotopic (exact) mass is 433 g/mol. The van der Waals surface area contributed by atoms with Crippen LogP contribution in [-0.2, 0) is 4.74 Å². The lowest BCUT2D eigenvalue weighted by atomic mass is 10.1. The van der Waals surface area contributed by atoms with Crippen LogP contribution in [0.2, 0.25) is 0 Å². The quantitative estimate of drug-likeness (QED) is 0.461. The standard InChI is InChI=1S/C22H25F2N3O2S/c1-13-12-26(21(28)29-22(3,4)5)14(2)19-11-16(25-27(13)19)7-8-17-18(24)9-15(23)10-20(17)30-6/h9-11,13-14H,12H2,1-6H3/t13-,14+/m0/s1. The Labute approximate surface area is 179 Å². The maximum atomic E-state index is 14.2. The van der Waals surface area contributed by atoms with E-state index in [0.29, 0.717) is 17.1 Å². The lowest BCUT2D eigenvalue weighted by Crippen LogP contribution is -2.45. The highest BCUT2D eigenvalue weighted by molar-refractivity contribution is 7.98. The lowest BCUT2D eigenvalue weighted by molar-refractivity contribution is 0.00864. The van der Waals surface area contributed by atoms with Gasteiger partial charge in [-0.05, 0) is 58.9 Å². The van der Waals surface area contributed by atoms with E-state index < -0.39 is 17.2 Å². The fourth-order valence-electron chi connectivity index (χ4n) is 3.33. The van der Waals surface area contributed by atoms with E-state index in [-0.39, 0.29) is 23.7 Å². The summed E-state index contributed by atoms with van der Waals surface area (Å²) in [6.07, 6.45) is 1.36. The second kappa shape index (κ2) is 8.31. The predicted molar refractivity (Wildman–Crippen MR) is 112 cm³/mol. The molecule has 0 spiro atoms. The summed E-state index contributed by atoms with van der Waals surface area (Å²) in [7, 11) is 0. The molecule has 5 nitrogen and oxygen atoms in total. The lowest BCUT2D eigenvalue weighted by Gasteiger charge is -2.38. The molecule has 0 aliphatic carbocycles. The van der Waals surface area contributed by atoms with Gasteiger partial charge < -0.3 is 4.74 Å². The normalized spacial score (nSPS) is 18.5. The molecule has 0 saturated heterocycles. The van der Waals surface area contributed by atoms with Gasteiger partial charge in [-0.1, -0.05) is 5.92 Å². The van der Waals surface area contributed by atoms with Gasteiger partial charge in [-0.3, -0.25) is 9.58 Å². The molecule has 0 fully saturated rings. The molecule has 8 heteroatoms. The molecule has 0 N–H and O–H groups in total. The maximum Gasteiger partial charge on any atom is 0.410 e. The van der Waals surface area contributed by atoms with Crippen LogP contribution in [-0.4, -0.2) is 39.2 Å². The number of rotatable bonds is 1. The van der Waals surface area contributed by atoms with E-state index in [1.54, 1.807) is 17.2 Å². The number of fused-ring (bicyclic) bond motifs is 1. The molecule has 2 aromatic rings. The summed E-state index contributed by atoms with van der Waals surface area (Å²) >= 11 is 1.23. The maximum absolute atomic E-state index is 14.2. The Kier molecular flexibility index (Phi) is 6.14. The van der Waals surface area contributed by atoms with Gasteiger partial charge in [0, 0.05) is 17.5 Å². The summed E-state index contributed by atoms with van der Waals surface area (Å²) in [5, 5.41) is 4.53. The van der Waals surface area contributed by atoms with Gasteiger partial charge >= 0.3 is 6.09 Å². The van der Waals surface area contributed by atoms with Crippen LogP contribution < -0.4 is 0 Å². The van der Waals surface area contributed by atoms with Gasteiger partial charge in [-0.15, -0.1) is 11.8 Å². The van der Waals surface area contributed by atoms with Crippen molar-refractivity contribution in [3.8, 4) is 11.8 Å². The van der Waals surface area contributed by atoms with Crippen molar-refractivity contribution in [2.45, 2.75) is 57.2 Å². The zero-order valence-electron chi connectivity index (χ0n) is 17.9. The van der Waals surface area contributed by atoms with E-state index >= 15 is 0 Å². The molecule has 1 aromatic carbocycles. The van der Waals surface area contributed by atoms with Crippen molar-refractivity contribution in [2.24, 2.45) is 0 Å². The molecule has 0 unspecified atom stereocenters. The zero-order chi connectivity index (χ0) is 22.2. The predicted octanol–water partition coefficient (Wildman–Crippen LogP) is 5.16. The summed E-state index contributed by atoms with van der Waals surface area (Å²) in [4.78, 5) is 14.7. The first-order chi connectivity index (χ1) is 14.0. The molecule has 0 bridgehead atoms. The topological polar surface area (TPSA) is 47.4 Å². The van der Waals surface area contributed by atoms with E-state index in [4.69, 9.17) is 4.74 Å². The number of benzene rings is 1. The summed E-state index contributed by atoms with van der Waals surface area (Å²) in [5.74, 6) is 4.34. The summed E-state index contributed by atoms with van der Waals surface area (Å²) in [6, 6.07) is 3.57. The molecular weight excluding hydrogens is 408 g/mol. The van der Waals surface area contributed by atoms with E-state index in [2.05, 4.69) is 16.9 Å². The summed E-state index contributed by atoms with van der Waals surface area (Å²) < 4.78 is 35.0. The Morgan fingerprint density at radius 2 is 1.93 bits per heavy atom. The number of thioether (sulfide) groups is 1. The Bertz CT molecular complexity index is 1030. The molecule has 3 rings (SSSR count). The van der Waals surface area contributed by atoms with Crippen molar-refractivity contribution in [3.63, 3.8) is 0 Å². The van der Waals surface area contributed by atoms with Crippen LogP contribution in [0.3, 0.4) is 0 Å². The minimum Gasteiger partial charge on any atom is -0.444 e. The molecule has 30 heavy (non-hydrogen) atoms. The molecule has 160 valence electrons. The number of carbonyl (C=O) groups is 1. The van der Waals surface area contributed by atoms with Gasteiger partial charge in [-0.25, -0.2) is 13.6 Å². The Morgan fingerprint density at radius 3 is 2.57 bits per heavy atom. The van der Waals surface area contributed by atoms with E-state index in [0.717, 1.165) is 11.8 Å². The van der Waals surface area contributed by atoms with Crippen LogP contribution in [0.25, 0.3) is 0 Å². The fourth-order valence-corrected chi connectivity index (χ4v) is 3.91. The second-order valence-corrected chi connectivity index (χ2v) is 9.12. The largest absolute Gasteiger partial charge is 0.444 e. The molecule has 1 amide bonds. The summed E-state index contributed by atoms with van der Waals surface area (Å²) in [6.45, 7) is 9.82. The Hall–Kier alpha value is -2.53. The molecular formula is C22H25F2N3O2S. The second-order valence-electron chi connectivity index (χ2n) is 8.27. The average Bonchev–Trinajstić information content (AvgIpc) is 3.07. The first kappa shape index (κ1) is 22.2. The number of carbonyl (C=O) groups excluding carboxylic acids is 1. The van der Waals surface area contributed by atoms with Gasteiger partial charge in [0.05, 0.1) is 23.3 Å². The highest BCUT2D eigenvalue weighted by Gasteiger charge is 2.35. The summed E-state index contributed by atoms with van der Waals surface area (Å²) in [5.41, 5.74) is 0.855. The van der Waals surface area contributed by atoms with Crippen LogP contribution >= 0.6 is 11.8 Å².